The van der Waals surface area contributed by atoms with Crippen molar-refractivity contribution in [2.24, 2.45) is 0 Å². The molecule has 1 saturated heterocycles. The van der Waals surface area contributed by atoms with Gasteiger partial charge in [-0.05, 0) is 25.7 Å². The summed E-state index contributed by atoms with van der Waals surface area (Å²) in [4.78, 5) is 0. The van der Waals surface area contributed by atoms with Crippen molar-refractivity contribution in [1.82, 2.24) is 0 Å². The topological polar surface area (TPSA) is 0 Å². The summed E-state index contributed by atoms with van der Waals surface area (Å²) in [5, 5.41) is 0. The Labute approximate surface area is 154 Å². The fourth-order valence-electron chi connectivity index (χ4n) is 4.55. The van der Waals surface area contributed by atoms with Crippen LogP contribution in [0.25, 0.3) is 0 Å². The minimum absolute atomic E-state index is 1.37. The average molecular weight is 339 g/mol. The zero-order chi connectivity index (χ0) is 17.3. The highest BCUT2D eigenvalue weighted by molar-refractivity contribution is 4.57. The molecule has 0 spiro atoms. The predicted octanol–water partition coefficient (Wildman–Crippen LogP) is 7.49. The first kappa shape index (κ1) is 22.0. The first-order valence-corrected chi connectivity index (χ1v) is 11.7. The number of hydrogen-bond acceptors (Lipinski definition) is 0. The van der Waals surface area contributed by atoms with E-state index in [0.717, 1.165) is 0 Å². The normalized spacial score (nSPS) is 16.8. The van der Waals surface area contributed by atoms with Gasteiger partial charge in [-0.2, -0.15) is 0 Å². The molecular weight excluding hydrogens is 290 g/mol. The third-order valence-corrected chi connectivity index (χ3v) is 6.24. The van der Waals surface area contributed by atoms with E-state index in [4.69, 9.17) is 0 Å². The van der Waals surface area contributed by atoms with Gasteiger partial charge < -0.3 is 4.48 Å². The van der Waals surface area contributed by atoms with E-state index < -0.39 is 0 Å². The maximum atomic E-state index is 2.33. The second-order valence-electron chi connectivity index (χ2n) is 8.54. The molecule has 0 N–H and O–H groups in total. The van der Waals surface area contributed by atoms with E-state index in [1.165, 1.54) is 140 Å². The summed E-state index contributed by atoms with van der Waals surface area (Å²) in [6, 6.07) is 0. The second kappa shape index (κ2) is 15.2. The molecule has 1 fully saturated rings. The molecule has 0 aliphatic carbocycles. The van der Waals surface area contributed by atoms with Crippen molar-refractivity contribution < 1.29 is 4.48 Å². The maximum Gasteiger partial charge on any atom is 0.0788 e. The van der Waals surface area contributed by atoms with Gasteiger partial charge in [-0.3, -0.25) is 0 Å². The maximum absolute atomic E-state index is 2.33. The number of unbranched alkanes of at least 4 members (excludes halogenated alkanes) is 13. The van der Waals surface area contributed by atoms with Crippen molar-refractivity contribution in [2.45, 2.75) is 123 Å². The van der Waals surface area contributed by atoms with Gasteiger partial charge in [0.05, 0.1) is 26.2 Å². The molecule has 1 nitrogen and oxygen atoms in total. The fraction of sp³-hybridized carbons (Fsp3) is 1.00. The lowest BCUT2D eigenvalue weighted by atomic mass is 10.0. The van der Waals surface area contributed by atoms with Gasteiger partial charge in [0.15, 0.2) is 0 Å². The van der Waals surface area contributed by atoms with Crippen LogP contribution in [0.2, 0.25) is 0 Å². The van der Waals surface area contributed by atoms with Crippen molar-refractivity contribution >= 4 is 0 Å². The summed E-state index contributed by atoms with van der Waals surface area (Å²) in [5.41, 5.74) is 0. The summed E-state index contributed by atoms with van der Waals surface area (Å²) in [5.74, 6) is 0. The number of likely N-dealkylation sites (tertiary alicyclic amines) is 1. The molecule has 0 aromatic carbocycles. The van der Waals surface area contributed by atoms with Crippen LogP contribution in [0.5, 0.6) is 0 Å². The highest BCUT2D eigenvalue weighted by atomic mass is 15.4. The van der Waals surface area contributed by atoms with Crippen LogP contribution in [0, 0.1) is 0 Å². The van der Waals surface area contributed by atoms with Crippen molar-refractivity contribution in [3.05, 3.63) is 0 Å². The van der Waals surface area contributed by atoms with E-state index in [-0.39, 0.29) is 0 Å². The largest absolute Gasteiger partial charge is 0.324 e. The fourth-order valence-corrected chi connectivity index (χ4v) is 4.55. The Bertz CT molecular complexity index is 255. The van der Waals surface area contributed by atoms with E-state index in [1.807, 2.05) is 0 Å². The molecule has 0 bridgehead atoms. The van der Waals surface area contributed by atoms with E-state index in [2.05, 4.69) is 13.8 Å². The Hall–Kier alpha value is -0.0400. The predicted molar refractivity (Wildman–Crippen MR) is 110 cm³/mol. The Balaban J connectivity index is 1.91. The van der Waals surface area contributed by atoms with E-state index in [1.54, 1.807) is 0 Å². The molecule has 1 heteroatoms. The van der Waals surface area contributed by atoms with Crippen molar-refractivity contribution in [2.75, 3.05) is 26.2 Å². The van der Waals surface area contributed by atoms with Crippen LogP contribution in [-0.4, -0.2) is 30.7 Å². The SMILES string of the molecule is CCCCCCCCCCCCCC[N+]1(CCCCC)CCCC1. The molecule has 1 rings (SSSR count). The Kier molecular flexibility index (Phi) is 14.0. The lowest BCUT2D eigenvalue weighted by Gasteiger charge is -2.34. The van der Waals surface area contributed by atoms with Crippen molar-refractivity contribution in [3.8, 4) is 0 Å². The molecule has 0 unspecified atom stereocenters. The molecule has 24 heavy (non-hydrogen) atoms. The van der Waals surface area contributed by atoms with Crippen LogP contribution in [0.1, 0.15) is 123 Å². The zero-order valence-corrected chi connectivity index (χ0v) is 17.3. The molecule has 0 aromatic heterocycles. The summed E-state index contributed by atoms with van der Waals surface area (Å²) < 4.78 is 1.48. The number of hydrogen-bond donors (Lipinski definition) is 0. The van der Waals surface area contributed by atoms with Crippen molar-refractivity contribution in [1.29, 1.82) is 0 Å². The molecule has 0 aromatic rings. The molecule has 0 atom stereocenters. The second-order valence-corrected chi connectivity index (χ2v) is 8.54. The minimum atomic E-state index is 1.37. The van der Waals surface area contributed by atoms with E-state index in [0.29, 0.717) is 0 Å². The minimum Gasteiger partial charge on any atom is -0.324 e. The highest BCUT2D eigenvalue weighted by Crippen LogP contribution is 2.22. The van der Waals surface area contributed by atoms with Crippen LogP contribution in [0.3, 0.4) is 0 Å². The summed E-state index contributed by atoms with van der Waals surface area (Å²) in [6.45, 7) is 10.6. The van der Waals surface area contributed by atoms with Gasteiger partial charge in [-0.1, -0.05) is 84.5 Å². The van der Waals surface area contributed by atoms with Gasteiger partial charge >= 0.3 is 0 Å². The van der Waals surface area contributed by atoms with Crippen LogP contribution in [0.4, 0.5) is 0 Å². The Morgan fingerprint density at radius 3 is 1.25 bits per heavy atom. The van der Waals surface area contributed by atoms with Gasteiger partial charge in [0.2, 0.25) is 0 Å². The third kappa shape index (κ3) is 10.7. The van der Waals surface area contributed by atoms with Gasteiger partial charge in [-0.15, -0.1) is 0 Å². The number of rotatable bonds is 17. The van der Waals surface area contributed by atoms with Gasteiger partial charge in [0.1, 0.15) is 0 Å². The Morgan fingerprint density at radius 1 is 0.458 bits per heavy atom. The zero-order valence-electron chi connectivity index (χ0n) is 17.3. The molecule has 0 saturated carbocycles. The standard InChI is InChI=1S/C23H48N/c1-3-5-7-8-9-10-11-12-13-14-15-17-21-24(20-16-6-4-2)22-18-19-23-24/h3-23H2,1-2H3/q+1. The van der Waals surface area contributed by atoms with E-state index in [9.17, 15) is 0 Å². The van der Waals surface area contributed by atoms with Gasteiger partial charge in [0, 0.05) is 12.8 Å². The monoisotopic (exact) mass is 338 g/mol. The molecule has 1 heterocycles. The van der Waals surface area contributed by atoms with Gasteiger partial charge in [0.25, 0.3) is 0 Å². The van der Waals surface area contributed by atoms with Crippen molar-refractivity contribution in [3.63, 3.8) is 0 Å². The average Bonchev–Trinajstić information content (AvgIpc) is 3.05. The highest BCUT2D eigenvalue weighted by Gasteiger charge is 2.30. The summed E-state index contributed by atoms with van der Waals surface area (Å²) in [6.07, 6.45) is 24.9. The molecule has 144 valence electrons. The van der Waals surface area contributed by atoms with Crippen LogP contribution in [-0.2, 0) is 0 Å². The molecule has 1 aliphatic heterocycles. The number of quaternary nitrogens is 1. The molecule has 0 radical (unpaired) electrons. The first-order valence-electron chi connectivity index (χ1n) is 11.7. The van der Waals surface area contributed by atoms with E-state index >= 15 is 0 Å². The lowest BCUT2D eigenvalue weighted by Crippen LogP contribution is -2.46. The molecular formula is C23H48N+. The van der Waals surface area contributed by atoms with Crippen LogP contribution in [0.15, 0.2) is 0 Å². The smallest absolute Gasteiger partial charge is 0.0788 e. The molecule has 1 aliphatic rings. The summed E-state index contributed by atoms with van der Waals surface area (Å²) in [7, 11) is 0. The van der Waals surface area contributed by atoms with Crippen LogP contribution >= 0.6 is 0 Å². The quantitative estimate of drug-likeness (QED) is 0.190. The number of nitrogens with zero attached hydrogens (tertiary/aromatic N) is 1. The first-order chi connectivity index (χ1) is 11.8. The Morgan fingerprint density at radius 2 is 0.792 bits per heavy atom. The van der Waals surface area contributed by atoms with Crippen LogP contribution < -0.4 is 0 Å². The van der Waals surface area contributed by atoms with Gasteiger partial charge in [-0.25, -0.2) is 0 Å². The summed E-state index contributed by atoms with van der Waals surface area (Å²) >= 11 is 0. The third-order valence-electron chi connectivity index (χ3n) is 6.24. The molecule has 0 amide bonds. The lowest BCUT2D eigenvalue weighted by molar-refractivity contribution is -0.917.